The molecule has 0 aliphatic carbocycles. The quantitative estimate of drug-likeness (QED) is 0.755. The molecule has 110 valence electrons. The smallest absolute Gasteiger partial charge is 0.336 e. The maximum atomic E-state index is 11.7. The van der Waals surface area contributed by atoms with E-state index >= 15 is 0 Å². The molecule has 0 saturated carbocycles. The topological polar surface area (TPSA) is 50.2 Å². The third-order valence-electron chi connectivity index (χ3n) is 3.79. The number of nitrogens with zero attached hydrogens (tertiary/aromatic N) is 1. The van der Waals surface area contributed by atoms with Crippen LogP contribution in [0, 0.1) is 20.8 Å². The van der Waals surface area contributed by atoms with E-state index < -0.39 is 5.97 Å². The molecule has 2 aromatic carbocycles. The minimum Gasteiger partial charge on any atom is -0.478 e. The number of carboxylic acids is 1. The summed E-state index contributed by atoms with van der Waals surface area (Å²) in [6.07, 6.45) is 0. The molecule has 0 saturated heterocycles. The summed E-state index contributed by atoms with van der Waals surface area (Å²) in [5.74, 6) is -0.925. The van der Waals surface area contributed by atoms with Gasteiger partial charge in [-0.1, -0.05) is 35.4 Å². The maximum Gasteiger partial charge on any atom is 0.336 e. The summed E-state index contributed by atoms with van der Waals surface area (Å²) >= 11 is 0. The molecule has 0 bridgehead atoms. The van der Waals surface area contributed by atoms with E-state index in [0.717, 1.165) is 27.8 Å². The zero-order valence-corrected chi connectivity index (χ0v) is 12.8. The summed E-state index contributed by atoms with van der Waals surface area (Å²) in [5, 5.41) is 10.3. The fraction of sp³-hybridized carbons (Fsp3) is 0.158. The highest BCUT2D eigenvalue weighted by molar-refractivity contribution is 6.04. The van der Waals surface area contributed by atoms with Gasteiger partial charge in [0.15, 0.2) is 0 Å². The Morgan fingerprint density at radius 2 is 1.77 bits per heavy atom. The van der Waals surface area contributed by atoms with Gasteiger partial charge in [0.05, 0.1) is 16.8 Å². The van der Waals surface area contributed by atoms with Crippen molar-refractivity contribution < 1.29 is 9.90 Å². The van der Waals surface area contributed by atoms with Crippen LogP contribution in [0.15, 0.2) is 42.5 Å². The van der Waals surface area contributed by atoms with Gasteiger partial charge >= 0.3 is 5.97 Å². The number of carbonyl (C=O) groups is 1. The standard InChI is InChI=1S/C19H17NO2/c1-11-5-4-6-14(8-11)17-10-16(19(21)22)15-9-12(2)7-13(3)18(15)20-17/h4-10H,1-3H3,(H,21,22). The molecule has 1 N–H and O–H groups in total. The number of fused-ring (bicyclic) bond motifs is 1. The molecule has 0 aliphatic rings. The molecule has 1 aromatic heterocycles. The number of benzene rings is 2. The number of aryl methyl sites for hydroxylation is 3. The van der Waals surface area contributed by atoms with Gasteiger partial charge in [-0.3, -0.25) is 0 Å². The third-order valence-corrected chi connectivity index (χ3v) is 3.79. The van der Waals surface area contributed by atoms with Crippen molar-refractivity contribution in [2.75, 3.05) is 0 Å². The molecular formula is C19H17NO2. The molecule has 3 rings (SSSR count). The predicted octanol–water partition coefficient (Wildman–Crippen LogP) is 4.53. The average molecular weight is 291 g/mol. The van der Waals surface area contributed by atoms with Crippen LogP contribution in [0.2, 0.25) is 0 Å². The maximum absolute atomic E-state index is 11.7. The minimum atomic E-state index is -0.925. The fourth-order valence-corrected chi connectivity index (χ4v) is 2.81. The van der Waals surface area contributed by atoms with E-state index in [9.17, 15) is 9.90 Å². The van der Waals surface area contributed by atoms with Crippen LogP contribution < -0.4 is 0 Å². The molecule has 3 nitrogen and oxygen atoms in total. The number of rotatable bonds is 2. The number of pyridine rings is 1. The molecule has 0 fully saturated rings. The van der Waals surface area contributed by atoms with Crippen molar-refractivity contribution in [3.63, 3.8) is 0 Å². The van der Waals surface area contributed by atoms with Crippen LogP contribution in [0.3, 0.4) is 0 Å². The number of hydrogen-bond donors (Lipinski definition) is 1. The Balaban J connectivity index is 2.37. The van der Waals surface area contributed by atoms with E-state index in [0.29, 0.717) is 16.6 Å². The first-order chi connectivity index (χ1) is 10.5. The molecule has 22 heavy (non-hydrogen) atoms. The number of hydrogen-bond acceptors (Lipinski definition) is 2. The van der Waals surface area contributed by atoms with Gasteiger partial charge in [0, 0.05) is 10.9 Å². The zero-order chi connectivity index (χ0) is 15.9. The molecule has 0 radical (unpaired) electrons. The van der Waals surface area contributed by atoms with Crippen molar-refractivity contribution in [1.82, 2.24) is 4.98 Å². The highest BCUT2D eigenvalue weighted by Gasteiger charge is 2.14. The van der Waals surface area contributed by atoms with E-state index in [2.05, 4.69) is 0 Å². The Labute approximate surface area is 129 Å². The number of aromatic nitrogens is 1. The summed E-state index contributed by atoms with van der Waals surface area (Å²) in [4.78, 5) is 16.4. The summed E-state index contributed by atoms with van der Waals surface area (Å²) in [5.41, 5.74) is 5.83. The van der Waals surface area contributed by atoms with E-state index in [4.69, 9.17) is 4.98 Å². The average Bonchev–Trinajstić information content (AvgIpc) is 2.46. The lowest BCUT2D eigenvalue weighted by Crippen LogP contribution is -2.01. The van der Waals surface area contributed by atoms with Gasteiger partial charge in [0.25, 0.3) is 0 Å². The first-order valence-corrected chi connectivity index (χ1v) is 7.18. The van der Waals surface area contributed by atoms with Gasteiger partial charge in [0.2, 0.25) is 0 Å². The van der Waals surface area contributed by atoms with Crippen LogP contribution in [0.25, 0.3) is 22.2 Å². The number of aromatic carboxylic acids is 1. The van der Waals surface area contributed by atoms with Crippen LogP contribution in [0.1, 0.15) is 27.0 Å². The summed E-state index contributed by atoms with van der Waals surface area (Å²) in [6.45, 7) is 5.94. The van der Waals surface area contributed by atoms with Crippen molar-refractivity contribution in [2.45, 2.75) is 20.8 Å². The Kier molecular flexibility index (Phi) is 3.41. The first-order valence-electron chi connectivity index (χ1n) is 7.18. The van der Waals surface area contributed by atoms with Crippen LogP contribution in [0.4, 0.5) is 0 Å². The first kappa shape index (κ1) is 14.3. The lowest BCUT2D eigenvalue weighted by Gasteiger charge is -2.10. The summed E-state index contributed by atoms with van der Waals surface area (Å²) < 4.78 is 0. The second-order valence-electron chi connectivity index (χ2n) is 5.71. The number of carboxylic acid groups (broad SMARTS) is 1. The highest BCUT2D eigenvalue weighted by Crippen LogP contribution is 2.28. The van der Waals surface area contributed by atoms with Crippen molar-refractivity contribution in [3.05, 3.63) is 64.7 Å². The molecule has 0 atom stereocenters. The minimum absolute atomic E-state index is 0.299. The Bertz CT molecular complexity index is 897. The van der Waals surface area contributed by atoms with Crippen LogP contribution in [0.5, 0.6) is 0 Å². The van der Waals surface area contributed by atoms with Crippen LogP contribution >= 0.6 is 0 Å². The molecule has 0 amide bonds. The Morgan fingerprint density at radius 1 is 1.00 bits per heavy atom. The fourth-order valence-electron chi connectivity index (χ4n) is 2.81. The molecule has 0 unspecified atom stereocenters. The lowest BCUT2D eigenvalue weighted by atomic mass is 9.99. The van der Waals surface area contributed by atoms with Crippen molar-refractivity contribution in [3.8, 4) is 11.3 Å². The van der Waals surface area contributed by atoms with Crippen LogP contribution in [-0.2, 0) is 0 Å². The molecule has 3 heteroatoms. The van der Waals surface area contributed by atoms with E-state index in [1.165, 1.54) is 0 Å². The summed E-state index contributed by atoms with van der Waals surface area (Å²) in [7, 11) is 0. The van der Waals surface area contributed by atoms with Crippen molar-refractivity contribution >= 4 is 16.9 Å². The van der Waals surface area contributed by atoms with Crippen molar-refractivity contribution in [1.29, 1.82) is 0 Å². The molecule has 0 spiro atoms. The monoisotopic (exact) mass is 291 g/mol. The second kappa shape index (κ2) is 5.26. The van der Waals surface area contributed by atoms with Gasteiger partial charge in [-0.05, 0) is 44.5 Å². The van der Waals surface area contributed by atoms with E-state index in [1.54, 1.807) is 6.07 Å². The Hall–Kier alpha value is -2.68. The molecule has 3 aromatic rings. The van der Waals surface area contributed by atoms with Gasteiger partial charge in [-0.15, -0.1) is 0 Å². The van der Waals surface area contributed by atoms with Gasteiger partial charge < -0.3 is 5.11 Å². The predicted molar refractivity (Wildman–Crippen MR) is 88.3 cm³/mol. The molecule has 1 heterocycles. The SMILES string of the molecule is Cc1cccc(-c2cc(C(=O)O)c3cc(C)cc(C)c3n2)c1. The van der Waals surface area contributed by atoms with Crippen molar-refractivity contribution in [2.24, 2.45) is 0 Å². The van der Waals surface area contributed by atoms with Gasteiger partial charge in [0.1, 0.15) is 0 Å². The zero-order valence-electron chi connectivity index (χ0n) is 12.8. The lowest BCUT2D eigenvalue weighted by molar-refractivity contribution is 0.0699. The molecule has 0 aliphatic heterocycles. The van der Waals surface area contributed by atoms with Crippen LogP contribution in [-0.4, -0.2) is 16.1 Å². The highest BCUT2D eigenvalue weighted by atomic mass is 16.4. The van der Waals surface area contributed by atoms with Gasteiger partial charge in [-0.2, -0.15) is 0 Å². The molecular weight excluding hydrogens is 274 g/mol. The largest absolute Gasteiger partial charge is 0.478 e. The second-order valence-corrected chi connectivity index (χ2v) is 5.71. The van der Waals surface area contributed by atoms with E-state index in [-0.39, 0.29) is 0 Å². The van der Waals surface area contributed by atoms with Gasteiger partial charge in [-0.25, -0.2) is 9.78 Å². The Morgan fingerprint density at radius 3 is 2.45 bits per heavy atom. The normalized spacial score (nSPS) is 10.9. The summed E-state index contributed by atoms with van der Waals surface area (Å²) in [6, 6.07) is 13.5. The third kappa shape index (κ3) is 2.46. The van der Waals surface area contributed by atoms with E-state index in [1.807, 2.05) is 57.2 Å².